The number of rotatable bonds is 2. The predicted molar refractivity (Wildman–Crippen MR) is 67.5 cm³/mol. The molecule has 0 bridgehead atoms. The molecule has 1 aliphatic rings. The molecule has 2 aromatic carbocycles. The van der Waals surface area contributed by atoms with Crippen molar-refractivity contribution in [2.24, 2.45) is 0 Å². The lowest BCUT2D eigenvalue weighted by atomic mass is 10.1. The van der Waals surface area contributed by atoms with Gasteiger partial charge in [-0.15, -0.1) is 0 Å². The number of hydrogen-bond acceptors (Lipinski definition) is 2. The Balaban J connectivity index is 1.92. The summed E-state index contributed by atoms with van der Waals surface area (Å²) in [5.74, 6) is 0. The highest BCUT2D eigenvalue weighted by molar-refractivity contribution is 5.61. The molecule has 1 saturated heterocycles. The van der Waals surface area contributed by atoms with Crippen molar-refractivity contribution in [3.05, 3.63) is 66.2 Å². The molecule has 0 spiro atoms. The summed E-state index contributed by atoms with van der Waals surface area (Å²) in [6.45, 7) is 0. The van der Waals surface area contributed by atoms with Crippen LogP contribution < -0.4 is 4.90 Å². The Morgan fingerprint density at radius 1 is 0.882 bits per heavy atom. The van der Waals surface area contributed by atoms with Crippen LogP contribution in [-0.2, 0) is 0 Å². The molecule has 0 aliphatic carbocycles. The molecule has 3 rings (SSSR count). The van der Waals surface area contributed by atoms with Gasteiger partial charge in [-0.05, 0) is 17.7 Å². The number of nitrogens with zero attached hydrogens (tertiary/aromatic N) is 2. The lowest BCUT2D eigenvalue weighted by molar-refractivity contribution is 1.10. The maximum absolute atomic E-state index is 9.18. The smallest absolute Gasteiger partial charge is 0.142 e. The molecule has 0 saturated carbocycles. The zero-order chi connectivity index (χ0) is 11.7. The second kappa shape index (κ2) is 3.95. The summed E-state index contributed by atoms with van der Waals surface area (Å²) in [5, 5.41) is 9.18. The van der Waals surface area contributed by atoms with Crippen molar-refractivity contribution < 1.29 is 0 Å². The van der Waals surface area contributed by atoms with Gasteiger partial charge in [-0.25, -0.2) is 0 Å². The Kier molecular flexibility index (Phi) is 2.31. The minimum absolute atomic E-state index is 0.0280. The van der Waals surface area contributed by atoms with E-state index in [1.807, 2.05) is 48.5 Å². The minimum Gasteiger partial charge on any atom is -0.343 e. The molecule has 2 atom stereocenters. The molecule has 1 heterocycles. The average molecular weight is 220 g/mol. The molecule has 2 heteroatoms. The van der Waals surface area contributed by atoms with E-state index in [0.29, 0.717) is 0 Å². The topological polar surface area (TPSA) is 26.8 Å². The van der Waals surface area contributed by atoms with Crippen LogP contribution in [0.1, 0.15) is 11.6 Å². The molecule has 2 aromatic rings. The maximum atomic E-state index is 9.18. The van der Waals surface area contributed by atoms with E-state index in [0.717, 1.165) is 5.69 Å². The quantitative estimate of drug-likeness (QED) is 0.727. The van der Waals surface area contributed by atoms with E-state index in [-0.39, 0.29) is 12.1 Å². The summed E-state index contributed by atoms with van der Waals surface area (Å²) < 4.78 is 0. The monoisotopic (exact) mass is 220 g/mol. The first kappa shape index (κ1) is 9.92. The van der Waals surface area contributed by atoms with Crippen LogP contribution in [0.15, 0.2) is 60.7 Å². The van der Waals surface area contributed by atoms with E-state index in [1.54, 1.807) is 0 Å². The van der Waals surface area contributed by atoms with Crippen LogP contribution >= 0.6 is 0 Å². The minimum atomic E-state index is -0.0280. The molecular weight excluding hydrogens is 208 g/mol. The first-order valence-electron chi connectivity index (χ1n) is 5.70. The van der Waals surface area contributed by atoms with Gasteiger partial charge in [-0.2, -0.15) is 5.26 Å². The molecule has 0 aromatic heterocycles. The number of benzene rings is 2. The van der Waals surface area contributed by atoms with Crippen LogP contribution in [0.2, 0.25) is 0 Å². The molecule has 2 nitrogen and oxygen atoms in total. The van der Waals surface area contributed by atoms with Crippen molar-refractivity contribution >= 4 is 5.69 Å². The lowest BCUT2D eigenvalue weighted by Crippen LogP contribution is -1.96. The van der Waals surface area contributed by atoms with Crippen LogP contribution in [0, 0.1) is 11.3 Å². The Morgan fingerprint density at radius 3 is 2.06 bits per heavy atom. The number of nitriles is 1. The zero-order valence-corrected chi connectivity index (χ0v) is 9.32. The fraction of sp³-hybridized carbons (Fsp3) is 0.133. The number of hydrogen-bond donors (Lipinski definition) is 0. The third-order valence-electron chi connectivity index (χ3n) is 3.14. The van der Waals surface area contributed by atoms with Crippen LogP contribution in [0.4, 0.5) is 5.69 Å². The molecule has 0 N–H and O–H groups in total. The van der Waals surface area contributed by atoms with Crippen LogP contribution in [0.5, 0.6) is 0 Å². The van der Waals surface area contributed by atoms with Crippen molar-refractivity contribution in [3.63, 3.8) is 0 Å². The normalized spacial score (nSPS) is 21.9. The Hall–Kier alpha value is -2.27. The van der Waals surface area contributed by atoms with Gasteiger partial charge in [0, 0.05) is 5.69 Å². The fourth-order valence-corrected chi connectivity index (χ4v) is 2.28. The second-order valence-corrected chi connectivity index (χ2v) is 4.17. The average Bonchev–Trinajstić information content (AvgIpc) is 3.15. The van der Waals surface area contributed by atoms with E-state index >= 15 is 0 Å². The summed E-state index contributed by atoms with van der Waals surface area (Å²) in [4.78, 5) is 2.15. The van der Waals surface area contributed by atoms with E-state index < -0.39 is 0 Å². The summed E-state index contributed by atoms with van der Waals surface area (Å²) in [7, 11) is 0. The molecule has 0 unspecified atom stereocenters. The van der Waals surface area contributed by atoms with Gasteiger partial charge in [0.15, 0.2) is 0 Å². The van der Waals surface area contributed by atoms with E-state index in [1.165, 1.54) is 5.56 Å². The highest BCUT2D eigenvalue weighted by Crippen LogP contribution is 2.46. The van der Waals surface area contributed by atoms with Gasteiger partial charge in [-0.1, -0.05) is 48.5 Å². The van der Waals surface area contributed by atoms with E-state index in [2.05, 4.69) is 23.1 Å². The third-order valence-corrected chi connectivity index (χ3v) is 3.14. The van der Waals surface area contributed by atoms with Gasteiger partial charge in [0.2, 0.25) is 0 Å². The summed E-state index contributed by atoms with van der Waals surface area (Å²) in [5.41, 5.74) is 2.33. The summed E-state index contributed by atoms with van der Waals surface area (Å²) >= 11 is 0. The predicted octanol–water partition coefficient (Wildman–Crippen LogP) is 3.14. The summed E-state index contributed by atoms with van der Waals surface area (Å²) in [6.07, 6.45) is 0. The van der Waals surface area contributed by atoms with Crippen molar-refractivity contribution in [1.29, 1.82) is 5.26 Å². The highest BCUT2D eigenvalue weighted by Gasteiger charge is 2.48. The third kappa shape index (κ3) is 1.66. The molecular formula is C15H12N2. The lowest BCUT2D eigenvalue weighted by Gasteiger charge is -2.04. The molecule has 17 heavy (non-hydrogen) atoms. The van der Waals surface area contributed by atoms with Gasteiger partial charge < -0.3 is 4.90 Å². The second-order valence-electron chi connectivity index (χ2n) is 4.17. The van der Waals surface area contributed by atoms with Crippen molar-refractivity contribution in [1.82, 2.24) is 0 Å². The number of anilines is 1. The van der Waals surface area contributed by atoms with Gasteiger partial charge >= 0.3 is 0 Å². The van der Waals surface area contributed by atoms with Crippen LogP contribution in [0.3, 0.4) is 0 Å². The summed E-state index contributed by atoms with van der Waals surface area (Å²) in [6, 6.07) is 22.8. The first-order chi connectivity index (χ1) is 8.42. The number of para-hydroxylation sites is 1. The van der Waals surface area contributed by atoms with Crippen molar-refractivity contribution in [3.8, 4) is 6.07 Å². The molecule has 1 aliphatic heterocycles. The SMILES string of the molecule is N#C[C@H]1[C@@H](c2ccccc2)N1c1ccccc1. The van der Waals surface area contributed by atoms with Crippen LogP contribution in [0.25, 0.3) is 0 Å². The van der Waals surface area contributed by atoms with Gasteiger partial charge in [0.05, 0.1) is 12.1 Å². The van der Waals surface area contributed by atoms with Gasteiger partial charge in [0.1, 0.15) is 6.04 Å². The van der Waals surface area contributed by atoms with E-state index in [9.17, 15) is 5.26 Å². The van der Waals surface area contributed by atoms with Crippen molar-refractivity contribution in [2.45, 2.75) is 12.1 Å². The zero-order valence-electron chi connectivity index (χ0n) is 9.32. The van der Waals surface area contributed by atoms with Crippen molar-refractivity contribution in [2.75, 3.05) is 4.90 Å². The fourth-order valence-electron chi connectivity index (χ4n) is 2.28. The standard InChI is InChI=1S/C15H12N2/c16-11-14-15(12-7-3-1-4-8-12)17(14)13-9-5-2-6-10-13/h1-10,14-15H/t14-,15+,17?/m0/s1. The van der Waals surface area contributed by atoms with Gasteiger partial charge in [-0.3, -0.25) is 0 Å². The molecule has 1 fully saturated rings. The van der Waals surface area contributed by atoms with Gasteiger partial charge in [0.25, 0.3) is 0 Å². The molecule has 0 amide bonds. The maximum Gasteiger partial charge on any atom is 0.142 e. The van der Waals surface area contributed by atoms with Crippen LogP contribution in [-0.4, -0.2) is 6.04 Å². The highest BCUT2D eigenvalue weighted by atomic mass is 15.4. The first-order valence-corrected chi connectivity index (χ1v) is 5.70. The molecule has 82 valence electrons. The Labute approximate surface area is 101 Å². The Morgan fingerprint density at radius 2 is 1.47 bits per heavy atom. The van der Waals surface area contributed by atoms with E-state index in [4.69, 9.17) is 0 Å². The Bertz CT molecular complexity index is 497. The molecule has 0 radical (unpaired) electrons. The largest absolute Gasteiger partial charge is 0.343 e.